The zero-order valence-corrected chi connectivity index (χ0v) is 8.24. The van der Waals surface area contributed by atoms with Gasteiger partial charge in [0.1, 0.15) is 0 Å². The van der Waals surface area contributed by atoms with E-state index in [4.69, 9.17) is 0 Å². The predicted molar refractivity (Wildman–Crippen MR) is 40.2 cm³/mol. The van der Waals surface area contributed by atoms with Crippen LogP contribution in [0, 0.1) is 0 Å². The van der Waals surface area contributed by atoms with E-state index in [1.165, 1.54) is 0 Å². The molecule has 0 aliphatic heterocycles. The molecule has 0 aliphatic carbocycles. The summed E-state index contributed by atoms with van der Waals surface area (Å²) in [4.78, 5) is 0. The van der Waals surface area contributed by atoms with Crippen LogP contribution in [-0.2, 0) is 4.74 Å². The fourth-order valence-electron chi connectivity index (χ4n) is 0.436. The number of ether oxygens (including phenoxy) is 1. The van der Waals surface area contributed by atoms with Crippen LogP contribution < -0.4 is 0 Å². The van der Waals surface area contributed by atoms with E-state index in [2.05, 4.69) is 4.74 Å². The molecule has 0 aromatic heterocycles. The molecule has 0 saturated heterocycles. The van der Waals surface area contributed by atoms with Gasteiger partial charge in [-0.15, -0.1) is 13.2 Å². The highest BCUT2D eigenvalue weighted by Crippen LogP contribution is 2.40. The lowest BCUT2D eigenvalue weighted by molar-refractivity contribution is -0.432. The molecule has 0 radical (unpaired) electrons. The number of halogens is 8. The van der Waals surface area contributed by atoms with Crippen LogP contribution >= 0.6 is 22.6 Å². The van der Waals surface area contributed by atoms with Gasteiger partial charge >= 0.3 is 18.4 Å². The predicted octanol–water partition coefficient (Wildman–Crippen LogP) is 3.70. The van der Waals surface area contributed by atoms with Crippen molar-refractivity contribution < 1.29 is 35.5 Å². The van der Waals surface area contributed by atoms with Gasteiger partial charge in [0, 0.05) is 0 Å². The molecule has 1 nitrogen and oxygen atoms in total. The van der Waals surface area contributed by atoms with Crippen molar-refractivity contribution in [2.24, 2.45) is 0 Å². The first kappa shape index (κ1) is 13.9. The lowest BCUT2D eigenvalue weighted by Gasteiger charge is -2.25. The molecular formula is C5H2F7IO. The third-order valence-electron chi connectivity index (χ3n) is 0.928. The van der Waals surface area contributed by atoms with Crippen molar-refractivity contribution in [2.45, 2.75) is 18.4 Å². The molecule has 9 heteroatoms. The van der Waals surface area contributed by atoms with Gasteiger partial charge in [0.25, 0.3) is 0 Å². The molecule has 14 heavy (non-hydrogen) atoms. The summed E-state index contributed by atoms with van der Waals surface area (Å²) in [6.07, 6.45) is -11.9. The summed E-state index contributed by atoms with van der Waals surface area (Å²) < 4.78 is 84.9. The highest BCUT2D eigenvalue weighted by molar-refractivity contribution is 14.1. The topological polar surface area (TPSA) is 9.23 Å². The molecule has 0 saturated carbocycles. The summed E-state index contributed by atoms with van der Waals surface area (Å²) in [5, 5.41) is 0. The van der Waals surface area contributed by atoms with Gasteiger partial charge in [0.05, 0.1) is 0 Å². The molecule has 0 bridgehead atoms. The van der Waals surface area contributed by atoms with Crippen molar-refractivity contribution in [1.29, 1.82) is 0 Å². The maximum atomic E-state index is 12.6. The quantitative estimate of drug-likeness (QED) is 0.551. The maximum Gasteiger partial charge on any atom is 0.525 e. The van der Waals surface area contributed by atoms with Gasteiger partial charge in [-0.2, -0.15) is 17.6 Å². The lowest BCUT2D eigenvalue weighted by Crippen LogP contribution is -2.45. The monoisotopic (exact) mass is 338 g/mol. The highest BCUT2D eigenvalue weighted by Gasteiger charge is 2.61. The minimum atomic E-state index is -5.79. The van der Waals surface area contributed by atoms with Gasteiger partial charge < -0.3 is 0 Å². The number of hydrogen-bond donors (Lipinski definition) is 0. The van der Waals surface area contributed by atoms with Crippen LogP contribution in [0.3, 0.4) is 0 Å². The van der Waals surface area contributed by atoms with E-state index < -0.39 is 18.4 Å². The summed E-state index contributed by atoms with van der Waals surface area (Å²) >= 11 is 1.14. The smallest absolute Gasteiger partial charge is 0.242 e. The zero-order chi connectivity index (χ0) is 11.6. The fraction of sp³-hybridized carbons (Fsp3) is 0.600. The second kappa shape index (κ2) is 4.21. The van der Waals surface area contributed by atoms with Crippen LogP contribution in [0.5, 0.6) is 0 Å². The van der Waals surface area contributed by atoms with Crippen molar-refractivity contribution in [2.75, 3.05) is 0 Å². The third kappa shape index (κ3) is 3.98. The fourth-order valence-corrected chi connectivity index (χ4v) is 0.898. The Bertz CT molecular complexity index is 219. The van der Waals surface area contributed by atoms with E-state index in [1.54, 1.807) is 0 Å². The molecule has 0 spiro atoms. The van der Waals surface area contributed by atoms with E-state index in [0.29, 0.717) is 4.08 Å². The lowest BCUT2D eigenvalue weighted by atomic mass is 10.3. The highest BCUT2D eigenvalue weighted by atomic mass is 127. The zero-order valence-electron chi connectivity index (χ0n) is 6.09. The maximum absolute atomic E-state index is 12.6. The summed E-state index contributed by atoms with van der Waals surface area (Å²) in [6, 6.07) is 0. The molecule has 0 amide bonds. The first-order valence-corrected chi connectivity index (χ1v) is 4.07. The van der Waals surface area contributed by atoms with Crippen LogP contribution in [0.1, 0.15) is 0 Å². The van der Waals surface area contributed by atoms with Gasteiger partial charge in [-0.3, -0.25) is 0 Å². The average molecular weight is 338 g/mol. The minimum absolute atomic E-state index is 0.374. The van der Waals surface area contributed by atoms with E-state index in [-0.39, 0.29) is 6.08 Å². The summed E-state index contributed by atoms with van der Waals surface area (Å²) in [5.41, 5.74) is 0. The van der Waals surface area contributed by atoms with E-state index in [1.807, 2.05) is 0 Å². The second-order valence-electron chi connectivity index (χ2n) is 1.98. The Kier molecular flexibility index (Phi) is 4.19. The van der Waals surface area contributed by atoms with Gasteiger partial charge in [0.15, 0.2) is 0 Å². The Morgan fingerprint density at radius 2 is 1.36 bits per heavy atom. The van der Waals surface area contributed by atoms with Gasteiger partial charge in [-0.05, 0) is 10.2 Å². The molecule has 0 fully saturated rings. The number of alkyl halides is 7. The Labute approximate surface area is 87.0 Å². The van der Waals surface area contributed by atoms with Crippen LogP contribution in [0.25, 0.3) is 0 Å². The van der Waals surface area contributed by atoms with Crippen LogP contribution in [0.15, 0.2) is 10.2 Å². The molecule has 0 aromatic carbocycles. The van der Waals surface area contributed by atoms with Crippen LogP contribution in [-0.4, -0.2) is 18.4 Å². The summed E-state index contributed by atoms with van der Waals surface area (Å²) in [6.45, 7) is 0. The van der Waals surface area contributed by atoms with Crippen LogP contribution in [0.4, 0.5) is 30.7 Å². The van der Waals surface area contributed by atoms with E-state index in [0.717, 1.165) is 22.6 Å². The molecule has 0 aliphatic rings. The Morgan fingerprint density at radius 1 is 0.929 bits per heavy atom. The van der Waals surface area contributed by atoms with Crippen molar-refractivity contribution in [3.63, 3.8) is 0 Å². The van der Waals surface area contributed by atoms with Crippen molar-refractivity contribution in [1.82, 2.24) is 0 Å². The molecule has 0 N–H and O–H groups in total. The molecule has 84 valence electrons. The first-order valence-electron chi connectivity index (χ1n) is 2.82. The Morgan fingerprint density at radius 3 is 1.57 bits per heavy atom. The Balaban J connectivity index is 4.93. The molecular weight excluding hydrogens is 336 g/mol. The Hall–Kier alpha value is -0.0600. The van der Waals surface area contributed by atoms with Crippen LogP contribution in [0.2, 0.25) is 0 Å². The molecule has 0 rings (SSSR count). The number of hydrogen-bond acceptors (Lipinski definition) is 1. The summed E-state index contributed by atoms with van der Waals surface area (Å²) in [5.74, 6) is -4.84. The summed E-state index contributed by atoms with van der Waals surface area (Å²) in [7, 11) is 0. The van der Waals surface area contributed by atoms with E-state index in [9.17, 15) is 30.7 Å². The standard InChI is InChI=1S/C5H2F7IO/c6-3(1-2-13,4(7,8)9)14-5(10,11)12/h1-2H/b2-1+/t3-/m1/s1. The molecule has 1 atom stereocenters. The minimum Gasteiger partial charge on any atom is -0.242 e. The van der Waals surface area contributed by atoms with Gasteiger partial charge in [0.2, 0.25) is 0 Å². The average Bonchev–Trinajstić information content (AvgIpc) is 1.79. The molecule has 0 heterocycles. The normalized spacial score (nSPS) is 18.6. The van der Waals surface area contributed by atoms with Gasteiger partial charge in [-0.1, -0.05) is 22.6 Å². The SMILES string of the molecule is FC(F)(F)O[C@](F)(/C=C/I)C(F)(F)F. The van der Waals surface area contributed by atoms with Crippen molar-refractivity contribution in [3.8, 4) is 0 Å². The number of rotatable bonds is 2. The van der Waals surface area contributed by atoms with Gasteiger partial charge in [-0.25, -0.2) is 4.74 Å². The largest absolute Gasteiger partial charge is 0.525 e. The third-order valence-corrected chi connectivity index (χ3v) is 1.29. The second-order valence-corrected chi connectivity index (χ2v) is 2.70. The molecule has 0 aromatic rings. The first-order chi connectivity index (χ1) is 6.02. The van der Waals surface area contributed by atoms with Crippen molar-refractivity contribution in [3.05, 3.63) is 10.2 Å². The van der Waals surface area contributed by atoms with E-state index >= 15 is 0 Å². The molecule has 0 unspecified atom stereocenters. The van der Waals surface area contributed by atoms with Crippen molar-refractivity contribution >= 4 is 22.6 Å².